The Morgan fingerprint density at radius 3 is 3.15 bits per heavy atom. The predicted octanol–water partition coefficient (Wildman–Crippen LogP) is 3.52. The van der Waals surface area contributed by atoms with Gasteiger partial charge in [0.15, 0.2) is 0 Å². The number of thiophene rings is 1. The molecule has 1 saturated heterocycles. The number of aromatic nitrogens is 2. The van der Waals surface area contributed by atoms with Crippen molar-refractivity contribution in [3.63, 3.8) is 0 Å². The molecular formula is C14H18ClN3OS. The van der Waals surface area contributed by atoms with Crippen molar-refractivity contribution in [3.05, 3.63) is 16.2 Å². The highest BCUT2D eigenvalue weighted by Crippen LogP contribution is 2.33. The highest BCUT2D eigenvalue weighted by atomic mass is 35.5. The number of aryl methyl sites for hydroxylation is 1. The van der Waals surface area contributed by atoms with Crippen molar-refractivity contribution in [2.75, 3.05) is 24.6 Å². The summed E-state index contributed by atoms with van der Waals surface area (Å²) >= 11 is 7.80. The van der Waals surface area contributed by atoms with Crippen molar-refractivity contribution in [1.29, 1.82) is 0 Å². The molecule has 108 valence electrons. The number of rotatable bonds is 2. The zero-order valence-corrected chi connectivity index (χ0v) is 13.3. The van der Waals surface area contributed by atoms with Crippen LogP contribution in [0.1, 0.15) is 25.1 Å². The summed E-state index contributed by atoms with van der Waals surface area (Å²) in [6.45, 7) is 6.86. The van der Waals surface area contributed by atoms with Crippen LogP contribution in [0.25, 0.3) is 10.2 Å². The maximum atomic E-state index is 6.10. The minimum Gasteiger partial charge on any atom is -0.377 e. The first-order valence-corrected chi connectivity index (χ1v) is 8.19. The molecule has 0 saturated carbocycles. The number of hydrogen-bond donors (Lipinski definition) is 0. The van der Waals surface area contributed by atoms with E-state index < -0.39 is 0 Å². The summed E-state index contributed by atoms with van der Waals surface area (Å²) in [7, 11) is 0. The second-order valence-corrected chi connectivity index (χ2v) is 6.54. The van der Waals surface area contributed by atoms with Crippen LogP contribution < -0.4 is 4.90 Å². The predicted molar refractivity (Wildman–Crippen MR) is 84.0 cm³/mol. The minimum absolute atomic E-state index is 0.213. The van der Waals surface area contributed by atoms with Gasteiger partial charge >= 0.3 is 0 Å². The van der Waals surface area contributed by atoms with Gasteiger partial charge in [-0.15, -0.1) is 11.3 Å². The van der Waals surface area contributed by atoms with E-state index in [0.29, 0.717) is 5.28 Å². The summed E-state index contributed by atoms with van der Waals surface area (Å²) in [6, 6.07) is 2.20. The van der Waals surface area contributed by atoms with Crippen LogP contribution in [0.4, 0.5) is 5.82 Å². The molecule has 1 atom stereocenters. The molecule has 0 spiro atoms. The Balaban J connectivity index is 2.06. The molecule has 2 aromatic rings. The van der Waals surface area contributed by atoms with E-state index in [1.165, 1.54) is 4.88 Å². The van der Waals surface area contributed by atoms with Gasteiger partial charge in [-0.2, -0.15) is 4.98 Å². The summed E-state index contributed by atoms with van der Waals surface area (Å²) in [4.78, 5) is 13.4. The topological polar surface area (TPSA) is 38.2 Å². The number of hydrogen-bond acceptors (Lipinski definition) is 5. The van der Waals surface area contributed by atoms with E-state index in [2.05, 4.69) is 34.8 Å². The molecule has 0 aromatic carbocycles. The molecule has 0 bridgehead atoms. The second-order valence-electron chi connectivity index (χ2n) is 5.08. The molecule has 0 N–H and O–H groups in total. The van der Waals surface area contributed by atoms with Crippen LogP contribution in [0.3, 0.4) is 0 Å². The molecule has 1 unspecified atom stereocenters. The van der Waals surface area contributed by atoms with Crippen molar-refractivity contribution in [2.24, 2.45) is 0 Å². The summed E-state index contributed by atoms with van der Waals surface area (Å²) in [5.41, 5.74) is 0. The Morgan fingerprint density at radius 1 is 1.50 bits per heavy atom. The Bertz CT molecular complexity index is 616. The van der Waals surface area contributed by atoms with E-state index in [1.54, 1.807) is 11.3 Å². The number of nitrogens with zero attached hydrogens (tertiary/aromatic N) is 3. The maximum absolute atomic E-state index is 6.10. The third-order valence-electron chi connectivity index (χ3n) is 3.50. The first kappa shape index (κ1) is 14.0. The van der Waals surface area contributed by atoms with Crippen LogP contribution in [0.15, 0.2) is 6.07 Å². The van der Waals surface area contributed by atoms with E-state index in [1.807, 2.05) is 0 Å². The fourth-order valence-electron chi connectivity index (χ4n) is 2.53. The van der Waals surface area contributed by atoms with Crippen LogP contribution >= 0.6 is 22.9 Å². The van der Waals surface area contributed by atoms with Crippen molar-refractivity contribution < 1.29 is 4.74 Å². The molecule has 2 aromatic heterocycles. The summed E-state index contributed by atoms with van der Waals surface area (Å²) in [6.07, 6.45) is 2.24. The zero-order chi connectivity index (χ0) is 14.1. The van der Waals surface area contributed by atoms with Gasteiger partial charge in [0.2, 0.25) is 5.28 Å². The fraction of sp³-hybridized carbons (Fsp3) is 0.571. The normalized spacial score (nSPS) is 20.4. The molecule has 1 aliphatic heterocycles. The third kappa shape index (κ3) is 2.75. The number of halogens is 1. The van der Waals surface area contributed by atoms with Crippen molar-refractivity contribution in [1.82, 2.24) is 9.97 Å². The molecule has 3 heterocycles. The van der Waals surface area contributed by atoms with Gasteiger partial charge in [0, 0.05) is 24.6 Å². The van der Waals surface area contributed by atoms with E-state index >= 15 is 0 Å². The summed E-state index contributed by atoms with van der Waals surface area (Å²) < 4.78 is 5.71. The lowest BCUT2D eigenvalue weighted by Crippen LogP contribution is -2.31. The number of fused-ring (bicyclic) bond motifs is 1. The van der Waals surface area contributed by atoms with Gasteiger partial charge in [-0.3, -0.25) is 0 Å². The fourth-order valence-corrected chi connectivity index (χ4v) is 3.71. The average molecular weight is 312 g/mol. The monoisotopic (exact) mass is 311 g/mol. The molecule has 6 heteroatoms. The Labute approximate surface area is 127 Å². The lowest BCUT2D eigenvalue weighted by Gasteiger charge is -2.23. The molecule has 1 fully saturated rings. The van der Waals surface area contributed by atoms with E-state index in [4.69, 9.17) is 16.3 Å². The van der Waals surface area contributed by atoms with Crippen LogP contribution in [-0.4, -0.2) is 35.8 Å². The van der Waals surface area contributed by atoms with Crippen LogP contribution in [-0.2, 0) is 11.2 Å². The van der Waals surface area contributed by atoms with E-state index in [9.17, 15) is 0 Å². The van der Waals surface area contributed by atoms with Gasteiger partial charge in [0.1, 0.15) is 10.6 Å². The first-order chi connectivity index (χ1) is 9.67. The number of ether oxygens (including phenoxy) is 1. The highest BCUT2D eigenvalue weighted by Gasteiger charge is 2.20. The molecule has 0 aliphatic carbocycles. The average Bonchev–Trinajstić information content (AvgIpc) is 2.71. The summed E-state index contributed by atoms with van der Waals surface area (Å²) in [5.74, 6) is 0.952. The van der Waals surface area contributed by atoms with Crippen LogP contribution in [0, 0.1) is 0 Å². The molecule has 1 aliphatic rings. The van der Waals surface area contributed by atoms with Crippen LogP contribution in [0.5, 0.6) is 0 Å². The van der Waals surface area contributed by atoms with Crippen molar-refractivity contribution >= 4 is 39.0 Å². The maximum Gasteiger partial charge on any atom is 0.225 e. The van der Waals surface area contributed by atoms with Gasteiger partial charge in [-0.05, 0) is 37.4 Å². The van der Waals surface area contributed by atoms with Gasteiger partial charge < -0.3 is 9.64 Å². The van der Waals surface area contributed by atoms with Gasteiger partial charge in [0.05, 0.1) is 11.5 Å². The molecule has 0 radical (unpaired) electrons. The molecular weight excluding hydrogens is 294 g/mol. The van der Waals surface area contributed by atoms with Crippen LogP contribution in [0.2, 0.25) is 5.28 Å². The quantitative estimate of drug-likeness (QED) is 0.795. The first-order valence-electron chi connectivity index (χ1n) is 7.00. The second kappa shape index (κ2) is 5.84. The molecule has 0 amide bonds. The lowest BCUT2D eigenvalue weighted by molar-refractivity contribution is 0.0820. The molecule has 20 heavy (non-hydrogen) atoms. The van der Waals surface area contributed by atoms with Crippen molar-refractivity contribution in [2.45, 2.75) is 32.8 Å². The SMILES string of the molecule is CCc1cc2c(N3CCCOC(C)C3)nc(Cl)nc2s1. The smallest absolute Gasteiger partial charge is 0.225 e. The highest BCUT2D eigenvalue weighted by molar-refractivity contribution is 7.18. The Kier molecular flexibility index (Phi) is 4.10. The van der Waals surface area contributed by atoms with Gasteiger partial charge in [-0.25, -0.2) is 4.98 Å². The van der Waals surface area contributed by atoms with Gasteiger partial charge in [0.25, 0.3) is 0 Å². The number of anilines is 1. The molecule has 3 rings (SSSR count). The Hall–Kier alpha value is -0.910. The summed E-state index contributed by atoms with van der Waals surface area (Å²) in [5, 5.41) is 1.44. The zero-order valence-electron chi connectivity index (χ0n) is 11.7. The Morgan fingerprint density at radius 2 is 2.35 bits per heavy atom. The lowest BCUT2D eigenvalue weighted by atomic mass is 10.2. The third-order valence-corrected chi connectivity index (χ3v) is 4.84. The molecule has 4 nitrogen and oxygen atoms in total. The van der Waals surface area contributed by atoms with E-state index in [0.717, 1.165) is 48.6 Å². The van der Waals surface area contributed by atoms with Gasteiger partial charge in [-0.1, -0.05) is 6.92 Å². The van der Waals surface area contributed by atoms with Crippen molar-refractivity contribution in [3.8, 4) is 0 Å². The minimum atomic E-state index is 0.213. The standard InChI is InChI=1S/C14H18ClN3OS/c1-3-10-7-11-12(16-14(15)17-13(11)20-10)18-5-4-6-19-9(2)8-18/h7,9H,3-6,8H2,1-2H3. The largest absolute Gasteiger partial charge is 0.377 e. The van der Waals surface area contributed by atoms with E-state index in [-0.39, 0.29) is 6.10 Å².